The number of morpholine rings is 1. The number of aromatic nitrogens is 2. The number of nitrogens with zero attached hydrogens (tertiary/aromatic N) is 4. The lowest BCUT2D eigenvalue weighted by Crippen LogP contribution is -2.48. The minimum absolute atomic E-state index is 0.109. The van der Waals surface area contributed by atoms with Crippen LogP contribution in [0.5, 0.6) is 11.5 Å². The summed E-state index contributed by atoms with van der Waals surface area (Å²) in [5.41, 5.74) is 2.85. The van der Waals surface area contributed by atoms with Crippen molar-refractivity contribution in [3.8, 4) is 11.5 Å². The molecule has 2 aliphatic heterocycles. The molecule has 2 amide bonds. The van der Waals surface area contributed by atoms with Crippen molar-refractivity contribution in [3.63, 3.8) is 0 Å². The molecule has 1 aromatic heterocycles. The van der Waals surface area contributed by atoms with Crippen molar-refractivity contribution in [2.24, 2.45) is 0 Å². The molecule has 6 rings (SSSR count). The van der Waals surface area contributed by atoms with Crippen LogP contribution in [0.3, 0.4) is 0 Å². The van der Waals surface area contributed by atoms with Crippen LogP contribution in [0.25, 0.3) is 10.9 Å². The summed E-state index contributed by atoms with van der Waals surface area (Å²) in [6.45, 7) is 6.66. The Morgan fingerprint density at radius 2 is 1.59 bits per heavy atom. The van der Waals surface area contributed by atoms with E-state index in [2.05, 4.69) is 18.7 Å². The van der Waals surface area contributed by atoms with E-state index in [1.165, 1.54) is 4.90 Å². The molecule has 0 atom stereocenters. The van der Waals surface area contributed by atoms with Gasteiger partial charge in [-0.1, -0.05) is 18.2 Å². The van der Waals surface area contributed by atoms with Crippen LogP contribution < -0.4 is 19.9 Å². The van der Waals surface area contributed by atoms with Gasteiger partial charge in [-0.25, -0.2) is 4.98 Å². The average Bonchev–Trinajstić information content (AvgIpc) is 3.27. The summed E-state index contributed by atoms with van der Waals surface area (Å²) in [5, 5.41) is 0.512. The molecule has 0 unspecified atom stereocenters. The zero-order valence-corrected chi connectivity index (χ0v) is 25.5. The summed E-state index contributed by atoms with van der Waals surface area (Å²) in [6, 6.07) is 18.2. The lowest BCUT2D eigenvalue weighted by molar-refractivity contribution is -0.0276. The lowest BCUT2D eigenvalue weighted by atomic mass is 10.1. The van der Waals surface area contributed by atoms with Crippen LogP contribution >= 0.6 is 0 Å². The Balaban J connectivity index is 1.34. The fourth-order valence-electron chi connectivity index (χ4n) is 6.04. The van der Waals surface area contributed by atoms with Gasteiger partial charge in [0.2, 0.25) is 0 Å². The van der Waals surface area contributed by atoms with Crippen molar-refractivity contribution in [1.82, 2.24) is 14.5 Å². The van der Waals surface area contributed by atoms with Crippen LogP contribution in [-0.4, -0.2) is 72.3 Å². The monoisotopic (exact) mass is 596 g/mol. The van der Waals surface area contributed by atoms with Gasteiger partial charge in [-0.2, -0.15) is 0 Å². The third-order valence-corrected chi connectivity index (χ3v) is 8.32. The first-order chi connectivity index (χ1) is 21.2. The van der Waals surface area contributed by atoms with Gasteiger partial charge in [0.1, 0.15) is 5.82 Å². The highest BCUT2D eigenvalue weighted by molar-refractivity contribution is 6.21. The molecule has 3 heterocycles. The van der Waals surface area contributed by atoms with E-state index in [1.807, 2.05) is 36.4 Å². The number of rotatable bonds is 9. The normalized spacial score (nSPS) is 16.0. The molecule has 10 nitrogen and oxygen atoms in total. The van der Waals surface area contributed by atoms with E-state index >= 15 is 0 Å². The average molecular weight is 597 g/mol. The number of methoxy groups -OCH3 is 2. The molecule has 228 valence electrons. The molecule has 1 fully saturated rings. The second-order valence-corrected chi connectivity index (χ2v) is 11.7. The smallest absolute Gasteiger partial charge is 0.261 e. The quantitative estimate of drug-likeness (QED) is 0.266. The van der Waals surface area contributed by atoms with Gasteiger partial charge in [-0.3, -0.25) is 23.9 Å². The highest BCUT2D eigenvalue weighted by Gasteiger charge is 2.35. The van der Waals surface area contributed by atoms with E-state index in [-0.39, 0.29) is 35.9 Å². The Morgan fingerprint density at radius 1 is 0.864 bits per heavy atom. The molecule has 4 aromatic rings. The van der Waals surface area contributed by atoms with Gasteiger partial charge in [0.05, 0.1) is 48.5 Å². The molecule has 0 aliphatic carbocycles. The second kappa shape index (κ2) is 11.8. The maximum absolute atomic E-state index is 14.0. The van der Waals surface area contributed by atoms with E-state index in [0.717, 1.165) is 17.8 Å². The topological polar surface area (TPSA) is 103 Å². The first kappa shape index (κ1) is 29.4. The Bertz CT molecular complexity index is 1780. The van der Waals surface area contributed by atoms with Crippen molar-refractivity contribution < 1.29 is 23.8 Å². The number of fused-ring (bicyclic) bond motifs is 2. The van der Waals surface area contributed by atoms with Crippen LogP contribution in [0.4, 0.5) is 5.69 Å². The predicted octanol–water partition coefficient (Wildman–Crippen LogP) is 4.11. The molecule has 1 saturated heterocycles. The number of amides is 2. The maximum Gasteiger partial charge on any atom is 0.261 e. The van der Waals surface area contributed by atoms with Gasteiger partial charge in [-0.15, -0.1) is 0 Å². The molecule has 0 N–H and O–H groups in total. The first-order valence-electron chi connectivity index (χ1n) is 14.8. The number of hydrogen-bond acceptors (Lipinski definition) is 8. The number of carbonyl (C=O) groups excluding carboxylic acids is 2. The minimum atomic E-state index is -0.331. The van der Waals surface area contributed by atoms with Crippen LogP contribution in [0.2, 0.25) is 0 Å². The number of benzene rings is 3. The molecule has 3 aromatic carbocycles. The van der Waals surface area contributed by atoms with Crippen molar-refractivity contribution in [1.29, 1.82) is 0 Å². The predicted molar refractivity (Wildman–Crippen MR) is 167 cm³/mol. The van der Waals surface area contributed by atoms with E-state index in [4.69, 9.17) is 19.2 Å². The minimum Gasteiger partial charge on any atom is -0.493 e. The molecule has 10 heteroatoms. The molecule has 0 saturated carbocycles. The summed E-state index contributed by atoms with van der Waals surface area (Å²) >= 11 is 0. The zero-order valence-electron chi connectivity index (χ0n) is 25.5. The number of carbonyl (C=O) groups is 2. The first-order valence-corrected chi connectivity index (χ1v) is 14.8. The summed E-state index contributed by atoms with van der Waals surface area (Å²) in [5.74, 6) is 1.09. The molecule has 0 spiro atoms. The van der Waals surface area contributed by atoms with Crippen LogP contribution in [0.1, 0.15) is 46.0 Å². The Hall–Kier alpha value is -4.70. The largest absolute Gasteiger partial charge is 0.493 e. The van der Waals surface area contributed by atoms with E-state index in [0.29, 0.717) is 65.5 Å². The lowest BCUT2D eigenvalue weighted by Gasteiger charge is -2.39. The van der Waals surface area contributed by atoms with Crippen LogP contribution in [0.15, 0.2) is 65.5 Å². The van der Waals surface area contributed by atoms with E-state index in [9.17, 15) is 14.4 Å². The molecule has 0 radical (unpaired) electrons. The molecule has 0 bridgehead atoms. The van der Waals surface area contributed by atoms with Crippen LogP contribution in [0, 0.1) is 0 Å². The van der Waals surface area contributed by atoms with Gasteiger partial charge in [0.25, 0.3) is 17.4 Å². The third kappa shape index (κ3) is 5.53. The third-order valence-electron chi connectivity index (χ3n) is 8.32. The Morgan fingerprint density at radius 3 is 2.27 bits per heavy atom. The maximum atomic E-state index is 14.0. The van der Waals surface area contributed by atoms with Crippen molar-refractivity contribution >= 4 is 28.4 Å². The fraction of sp³-hybridized carbons (Fsp3) is 0.353. The number of ether oxygens (including phenoxy) is 3. The molecular weight excluding hydrogens is 560 g/mol. The number of imide groups is 1. The van der Waals surface area contributed by atoms with Crippen molar-refractivity contribution in [2.45, 2.75) is 38.8 Å². The van der Waals surface area contributed by atoms with E-state index < -0.39 is 0 Å². The van der Waals surface area contributed by atoms with Crippen molar-refractivity contribution in [3.05, 3.63) is 93.5 Å². The highest BCUT2D eigenvalue weighted by Crippen LogP contribution is 2.29. The number of aryl methyl sites for hydroxylation is 1. The van der Waals surface area contributed by atoms with Gasteiger partial charge >= 0.3 is 0 Å². The number of anilines is 1. The number of hydrogen-bond donors (Lipinski definition) is 0. The Labute approximate surface area is 255 Å². The standard InChI is InChI=1S/C34H36N4O6/c1-34(2)21-36(17-18-44-34)23-10-11-26-27(20-23)35-30(14-16-38-31(39)24-7-5-6-8-25(24)32(38)40)37(33(26)41)15-13-22-9-12-28(42-3)29(19-22)43-4/h5-12,19-20H,13-18,21H2,1-4H3. The van der Waals surface area contributed by atoms with Crippen LogP contribution in [-0.2, 0) is 24.1 Å². The van der Waals surface area contributed by atoms with Gasteiger partial charge in [0, 0.05) is 38.3 Å². The fourth-order valence-corrected chi connectivity index (χ4v) is 6.04. The van der Waals surface area contributed by atoms with E-state index in [1.54, 1.807) is 43.1 Å². The molecule has 44 heavy (non-hydrogen) atoms. The Kier molecular flexibility index (Phi) is 7.85. The summed E-state index contributed by atoms with van der Waals surface area (Å²) in [6.07, 6.45) is 0.770. The summed E-state index contributed by atoms with van der Waals surface area (Å²) in [7, 11) is 3.17. The van der Waals surface area contributed by atoms with Crippen molar-refractivity contribution in [2.75, 3.05) is 45.4 Å². The second-order valence-electron chi connectivity index (χ2n) is 11.7. The highest BCUT2D eigenvalue weighted by atomic mass is 16.5. The van der Waals surface area contributed by atoms with Gasteiger partial charge in [-0.05, 0) is 68.3 Å². The van der Waals surface area contributed by atoms with Gasteiger partial charge < -0.3 is 19.1 Å². The zero-order chi connectivity index (χ0) is 31.0. The van der Waals surface area contributed by atoms with Gasteiger partial charge in [0.15, 0.2) is 11.5 Å². The molecular formula is C34H36N4O6. The SMILES string of the molecule is COc1ccc(CCn2c(CCN3C(=O)c4ccccc4C3=O)nc3cc(N4CCOC(C)(C)C4)ccc3c2=O)cc1OC. The molecule has 2 aliphatic rings. The summed E-state index contributed by atoms with van der Waals surface area (Å²) in [4.78, 5) is 48.6. The summed E-state index contributed by atoms with van der Waals surface area (Å²) < 4.78 is 18.4.